The smallest absolute Gasteiger partial charge is 0.137 e. The zero-order valence-corrected chi connectivity index (χ0v) is 7.20. The van der Waals surface area contributed by atoms with Crippen LogP contribution in [0, 0.1) is 6.92 Å². The number of rotatable bonds is 2. The highest BCUT2D eigenvalue weighted by Crippen LogP contribution is 2.11. The van der Waals surface area contributed by atoms with Crippen LogP contribution in [-0.4, -0.2) is 14.7 Å². The molecule has 1 unspecified atom stereocenters. The van der Waals surface area contributed by atoms with E-state index in [0.29, 0.717) is 0 Å². The Morgan fingerprint density at radius 3 is 2.73 bits per heavy atom. The average molecular weight is 154 g/mol. The maximum absolute atomic E-state index is 9.27. The van der Waals surface area contributed by atoms with Crippen molar-refractivity contribution in [3.8, 4) is 0 Å². The minimum absolute atomic E-state index is 0.469. The largest absolute Gasteiger partial charge is 0.385 e. The van der Waals surface area contributed by atoms with Crippen LogP contribution in [0.1, 0.15) is 31.5 Å². The maximum Gasteiger partial charge on any atom is 0.137 e. The van der Waals surface area contributed by atoms with Crippen molar-refractivity contribution in [1.82, 2.24) is 9.55 Å². The highest BCUT2D eigenvalue weighted by atomic mass is 16.3. The third-order valence-corrected chi connectivity index (χ3v) is 1.78. The second-order valence-corrected chi connectivity index (χ2v) is 2.68. The molecule has 0 radical (unpaired) electrons. The molecule has 1 aromatic heterocycles. The van der Waals surface area contributed by atoms with Crippen LogP contribution in [0.3, 0.4) is 0 Å². The van der Waals surface area contributed by atoms with Gasteiger partial charge in [-0.1, -0.05) is 0 Å². The molecule has 1 rings (SSSR count). The third kappa shape index (κ3) is 1.43. The molecule has 0 aliphatic carbocycles. The molecule has 1 atom stereocenters. The van der Waals surface area contributed by atoms with Crippen molar-refractivity contribution in [3.63, 3.8) is 0 Å². The number of aromatic nitrogens is 2. The molecule has 0 bridgehead atoms. The highest BCUT2D eigenvalue weighted by Gasteiger charge is 2.09. The quantitative estimate of drug-likeness (QED) is 0.696. The molecule has 0 spiro atoms. The van der Waals surface area contributed by atoms with Crippen molar-refractivity contribution in [3.05, 3.63) is 17.7 Å². The van der Waals surface area contributed by atoms with E-state index in [0.717, 1.165) is 18.1 Å². The maximum atomic E-state index is 9.27. The zero-order valence-electron chi connectivity index (χ0n) is 7.20. The van der Waals surface area contributed by atoms with Crippen molar-refractivity contribution in [2.24, 2.45) is 0 Å². The van der Waals surface area contributed by atoms with Crippen LogP contribution < -0.4 is 0 Å². The molecule has 62 valence electrons. The van der Waals surface area contributed by atoms with E-state index < -0.39 is 6.10 Å². The highest BCUT2D eigenvalue weighted by molar-refractivity contribution is 5.04. The van der Waals surface area contributed by atoms with Gasteiger partial charge >= 0.3 is 0 Å². The molecule has 3 nitrogen and oxygen atoms in total. The summed E-state index contributed by atoms with van der Waals surface area (Å²) in [7, 11) is 0. The minimum Gasteiger partial charge on any atom is -0.385 e. The number of aliphatic hydroxyl groups excluding tert-OH is 1. The Bertz CT molecular complexity index is 240. The Hall–Kier alpha value is -0.830. The third-order valence-electron chi connectivity index (χ3n) is 1.78. The van der Waals surface area contributed by atoms with E-state index in [-0.39, 0.29) is 0 Å². The van der Waals surface area contributed by atoms with Crippen LogP contribution in [0.15, 0.2) is 6.20 Å². The first-order chi connectivity index (χ1) is 5.16. The number of hydrogen-bond acceptors (Lipinski definition) is 2. The predicted molar refractivity (Wildman–Crippen MR) is 43.3 cm³/mol. The first-order valence-corrected chi connectivity index (χ1v) is 3.87. The fourth-order valence-corrected chi connectivity index (χ4v) is 1.22. The molecule has 0 saturated heterocycles. The molecule has 0 aliphatic heterocycles. The monoisotopic (exact) mass is 154 g/mol. The van der Waals surface area contributed by atoms with E-state index in [2.05, 4.69) is 4.98 Å². The molecular formula is C8H14N2O. The first-order valence-electron chi connectivity index (χ1n) is 3.87. The van der Waals surface area contributed by atoms with E-state index in [9.17, 15) is 5.11 Å². The van der Waals surface area contributed by atoms with Gasteiger partial charge in [-0.2, -0.15) is 0 Å². The number of nitrogens with zero attached hydrogens (tertiary/aromatic N) is 2. The van der Waals surface area contributed by atoms with Gasteiger partial charge < -0.3 is 9.67 Å². The summed E-state index contributed by atoms with van der Waals surface area (Å²) >= 11 is 0. The van der Waals surface area contributed by atoms with Gasteiger partial charge in [0.1, 0.15) is 11.9 Å². The van der Waals surface area contributed by atoms with Crippen LogP contribution in [0.2, 0.25) is 0 Å². The molecule has 0 saturated carbocycles. The molecular weight excluding hydrogens is 140 g/mol. The summed E-state index contributed by atoms with van der Waals surface area (Å²) in [5, 5.41) is 9.27. The van der Waals surface area contributed by atoms with Crippen molar-refractivity contribution >= 4 is 0 Å². The first kappa shape index (κ1) is 8.27. The SMILES string of the molecule is CCn1c(C)cnc1C(C)O. The van der Waals surface area contributed by atoms with E-state index in [1.165, 1.54) is 0 Å². The van der Waals surface area contributed by atoms with Gasteiger partial charge in [-0.05, 0) is 20.8 Å². The Balaban J connectivity index is 3.05. The predicted octanol–water partition coefficient (Wildman–Crippen LogP) is 1.26. The standard InChI is InChI=1S/C8H14N2O/c1-4-10-6(2)5-9-8(10)7(3)11/h5,7,11H,4H2,1-3H3. The zero-order chi connectivity index (χ0) is 8.43. The summed E-state index contributed by atoms with van der Waals surface area (Å²) < 4.78 is 2.00. The Morgan fingerprint density at radius 1 is 1.73 bits per heavy atom. The number of aliphatic hydroxyl groups is 1. The number of aryl methyl sites for hydroxylation is 1. The lowest BCUT2D eigenvalue weighted by Crippen LogP contribution is -2.06. The molecule has 0 amide bonds. The minimum atomic E-state index is -0.469. The van der Waals surface area contributed by atoms with E-state index in [1.807, 2.05) is 18.4 Å². The van der Waals surface area contributed by atoms with Gasteiger partial charge in [0, 0.05) is 18.4 Å². The second-order valence-electron chi connectivity index (χ2n) is 2.68. The molecule has 3 heteroatoms. The molecule has 0 fully saturated rings. The van der Waals surface area contributed by atoms with Crippen LogP contribution in [-0.2, 0) is 6.54 Å². The molecule has 11 heavy (non-hydrogen) atoms. The van der Waals surface area contributed by atoms with Crippen molar-refractivity contribution in [1.29, 1.82) is 0 Å². The van der Waals surface area contributed by atoms with Crippen LogP contribution in [0.4, 0.5) is 0 Å². The van der Waals surface area contributed by atoms with Gasteiger partial charge in [0.25, 0.3) is 0 Å². The van der Waals surface area contributed by atoms with Gasteiger partial charge in [-0.25, -0.2) is 4.98 Å². The molecule has 1 aromatic rings. The lowest BCUT2D eigenvalue weighted by molar-refractivity contribution is 0.184. The van der Waals surface area contributed by atoms with Gasteiger partial charge in [0.2, 0.25) is 0 Å². The van der Waals surface area contributed by atoms with Crippen LogP contribution >= 0.6 is 0 Å². The Kier molecular flexibility index (Phi) is 2.29. The molecule has 0 aliphatic rings. The lowest BCUT2D eigenvalue weighted by atomic mass is 10.4. The summed E-state index contributed by atoms with van der Waals surface area (Å²) in [6.07, 6.45) is 1.31. The van der Waals surface area contributed by atoms with Gasteiger partial charge in [-0.15, -0.1) is 0 Å². The van der Waals surface area contributed by atoms with E-state index >= 15 is 0 Å². The van der Waals surface area contributed by atoms with Gasteiger partial charge in [0.05, 0.1) is 0 Å². The fraction of sp³-hybridized carbons (Fsp3) is 0.625. The summed E-state index contributed by atoms with van der Waals surface area (Å²) in [6, 6.07) is 0. The molecule has 1 N–H and O–H groups in total. The van der Waals surface area contributed by atoms with E-state index in [1.54, 1.807) is 13.1 Å². The van der Waals surface area contributed by atoms with E-state index in [4.69, 9.17) is 0 Å². The fourth-order valence-electron chi connectivity index (χ4n) is 1.22. The van der Waals surface area contributed by atoms with Crippen molar-refractivity contribution in [2.75, 3.05) is 0 Å². The van der Waals surface area contributed by atoms with Gasteiger partial charge in [-0.3, -0.25) is 0 Å². The van der Waals surface area contributed by atoms with Crippen LogP contribution in [0.25, 0.3) is 0 Å². The Labute approximate surface area is 66.7 Å². The molecule has 0 aromatic carbocycles. The lowest BCUT2D eigenvalue weighted by Gasteiger charge is -2.08. The van der Waals surface area contributed by atoms with Gasteiger partial charge in [0.15, 0.2) is 0 Å². The van der Waals surface area contributed by atoms with Crippen molar-refractivity contribution < 1.29 is 5.11 Å². The summed E-state index contributed by atoms with van der Waals surface area (Å²) in [5.41, 5.74) is 1.10. The topological polar surface area (TPSA) is 38.0 Å². The van der Waals surface area contributed by atoms with Crippen LogP contribution in [0.5, 0.6) is 0 Å². The summed E-state index contributed by atoms with van der Waals surface area (Å²) in [4.78, 5) is 4.10. The normalized spacial score (nSPS) is 13.5. The second kappa shape index (κ2) is 3.05. The molecule has 1 heterocycles. The summed E-state index contributed by atoms with van der Waals surface area (Å²) in [5.74, 6) is 0.755. The summed E-state index contributed by atoms with van der Waals surface area (Å²) in [6.45, 7) is 6.63. The number of imidazole rings is 1. The average Bonchev–Trinajstić information content (AvgIpc) is 2.30. The Morgan fingerprint density at radius 2 is 2.36 bits per heavy atom. The van der Waals surface area contributed by atoms with Crippen molar-refractivity contribution in [2.45, 2.75) is 33.4 Å². The number of hydrogen-bond donors (Lipinski definition) is 1.